The van der Waals surface area contributed by atoms with Crippen LogP contribution in [0.2, 0.25) is 13.6 Å². The maximum atomic E-state index is 13.0. The number of hydrogen-bond donors (Lipinski definition) is 0. The lowest BCUT2D eigenvalue weighted by Gasteiger charge is -2.03. The maximum absolute atomic E-state index is 13.0. The van der Waals surface area contributed by atoms with E-state index in [2.05, 4.69) is 22.6 Å². The molecular weight excluding hydrogens is 380 g/mol. The van der Waals surface area contributed by atoms with E-state index in [0.29, 0.717) is 0 Å². The molecule has 66 valence electrons. The van der Waals surface area contributed by atoms with Crippen molar-refractivity contribution in [3.63, 3.8) is 0 Å². The molecular formula is C8H9BFI2-. The summed E-state index contributed by atoms with van der Waals surface area (Å²) in [5.74, 6) is -0.0968. The molecule has 0 amide bonds. The minimum Gasteiger partial charge on any atom is -1.00 e. The maximum Gasteiger partial charge on any atom is 0.173 e. The molecule has 0 aliphatic heterocycles. The topological polar surface area (TPSA) is 0 Å². The van der Waals surface area contributed by atoms with E-state index in [-0.39, 0.29) is 36.5 Å². The molecule has 0 aliphatic carbocycles. The van der Waals surface area contributed by atoms with Gasteiger partial charge in [0, 0.05) is 3.57 Å². The van der Waals surface area contributed by atoms with E-state index in [1.807, 2.05) is 19.7 Å². The van der Waals surface area contributed by atoms with E-state index < -0.39 is 0 Å². The second-order valence-electron chi connectivity index (χ2n) is 2.82. The van der Waals surface area contributed by atoms with E-state index in [1.54, 1.807) is 6.07 Å². The van der Waals surface area contributed by atoms with Crippen molar-refractivity contribution in [1.82, 2.24) is 0 Å². The molecule has 0 radical (unpaired) electrons. The van der Waals surface area contributed by atoms with Gasteiger partial charge in [-0.1, -0.05) is 19.7 Å². The average Bonchev–Trinajstić information content (AvgIpc) is 1.94. The van der Waals surface area contributed by atoms with Crippen LogP contribution in [0.1, 0.15) is 0 Å². The second-order valence-corrected chi connectivity index (χ2v) is 4.07. The van der Waals surface area contributed by atoms with Gasteiger partial charge in [-0.3, -0.25) is 0 Å². The second kappa shape index (κ2) is 5.41. The van der Waals surface area contributed by atoms with Gasteiger partial charge in [-0.2, -0.15) is 0 Å². The molecule has 0 spiro atoms. The molecule has 0 saturated heterocycles. The minimum absolute atomic E-state index is 0. The van der Waals surface area contributed by atoms with Gasteiger partial charge in [0.2, 0.25) is 0 Å². The molecule has 0 nitrogen and oxygen atoms in total. The van der Waals surface area contributed by atoms with Crippen LogP contribution in [0.15, 0.2) is 18.2 Å². The summed E-state index contributed by atoms with van der Waals surface area (Å²) in [6.07, 6.45) is 0. The molecule has 0 heterocycles. The fourth-order valence-electron chi connectivity index (χ4n) is 0.957. The zero-order valence-electron chi connectivity index (χ0n) is 6.94. The molecule has 1 rings (SSSR count). The Kier molecular flexibility index (Phi) is 5.72. The summed E-state index contributed by atoms with van der Waals surface area (Å²) in [4.78, 5) is 0. The summed E-state index contributed by atoms with van der Waals surface area (Å²) in [5.41, 5.74) is 0.803. The Labute approximate surface area is 104 Å². The molecule has 1 aromatic rings. The molecule has 0 N–H and O–H groups in total. The van der Waals surface area contributed by atoms with Crippen molar-refractivity contribution in [2.45, 2.75) is 13.6 Å². The first-order valence-electron chi connectivity index (χ1n) is 3.56. The lowest BCUT2D eigenvalue weighted by atomic mass is 9.49. The van der Waals surface area contributed by atoms with E-state index >= 15 is 0 Å². The number of rotatable bonds is 1. The van der Waals surface area contributed by atoms with Gasteiger partial charge in [0.25, 0.3) is 0 Å². The first-order valence-corrected chi connectivity index (χ1v) is 4.64. The summed E-state index contributed by atoms with van der Waals surface area (Å²) in [7, 11) is 0. The third-order valence-electron chi connectivity index (χ3n) is 1.58. The van der Waals surface area contributed by atoms with Gasteiger partial charge in [-0.15, -0.1) is 0 Å². The zero-order valence-corrected chi connectivity index (χ0v) is 11.3. The Hall–Kier alpha value is 0.675. The summed E-state index contributed by atoms with van der Waals surface area (Å²) in [6.45, 7) is 4.26. The van der Waals surface area contributed by atoms with Gasteiger partial charge in [-0.25, -0.2) is 4.39 Å². The summed E-state index contributed by atoms with van der Waals surface area (Å²) < 4.78 is 14.1. The van der Waals surface area contributed by atoms with Gasteiger partial charge in [-0.05, 0) is 40.2 Å². The van der Waals surface area contributed by atoms with Crippen LogP contribution in [0.3, 0.4) is 0 Å². The zero-order chi connectivity index (χ0) is 8.43. The SMILES string of the molecule is CB(C)c1cc(I)ccc1F.[I-]. The molecule has 12 heavy (non-hydrogen) atoms. The van der Waals surface area contributed by atoms with Crippen molar-refractivity contribution >= 4 is 34.8 Å². The van der Waals surface area contributed by atoms with Crippen molar-refractivity contribution in [3.8, 4) is 0 Å². The first kappa shape index (κ1) is 12.7. The smallest absolute Gasteiger partial charge is 0.173 e. The molecule has 0 aliphatic rings. The van der Waals surface area contributed by atoms with Crippen molar-refractivity contribution in [3.05, 3.63) is 27.6 Å². The Morgan fingerprint density at radius 3 is 2.33 bits per heavy atom. The average molecular weight is 389 g/mol. The Morgan fingerprint density at radius 2 is 1.92 bits per heavy atom. The molecule has 0 unspecified atom stereocenters. The van der Waals surface area contributed by atoms with E-state index in [0.717, 1.165) is 9.03 Å². The van der Waals surface area contributed by atoms with Crippen LogP contribution in [0.25, 0.3) is 0 Å². The van der Waals surface area contributed by atoms with Crippen LogP contribution >= 0.6 is 22.6 Å². The van der Waals surface area contributed by atoms with Crippen molar-refractivity contribution in [2.75, 3.05) is 0 Å². The van der Waals surface area contributed by atoms with Crippen molar-refractivity contribution in [1.29, 1.82) is 0 Å². The highest BCUT2D eigenvalue weighted by atomic mass is 127. The molecule has 4 heteroatoms. The van der Waals surface area contributed by atoms with Gasteiger partial charge < -0.3 is 24.0 Å². The van der Waals surface area contributed by atoms with Crippen LogP contribution in [0, 0.1) is 9.39 Å². The van der Waals surface area contributed by atoms with Crippen LogP contribution < -0.4 is 29.4 Å². The Balaban J connectivity index is 0.00000121. The summed E-state index contributed by atoms with van der Waals surface area (Å²) >= 11 is 2.19. The first-order chi connectivity index (χ1) is 5.11. The van der Waals surface area contributed by atoms with Gasteiger partial charge in [0.15, 0.2) is 6.71 Å². The normalized spacial score (nSPS) is 9.00. The van der Waals surface area contributed by atoms with Gasteiger partial charge in [0.05, 0.1) is 0 Å². The van der Waals surface area contributed by atoms with Crippen LogP contribution in [0.4, 0.5) is 4.39 Å². The predicted molar refractivity (Wildman–Crippen MR) is 56.2 cm³/mol. The molecule has 0 saturated carbocycles. The monoisotopic (exact) mass is 389 g/mol. The number of halogens is 3. The quantitative estimate of drug-likeness (QED) is 0.445. The van der Waals surface area contributed by atoms with E-state index in [4.69, 9.17) is 0 Å². The summed E-state index contributed by atoms with van der Waals surface area (Å²) in [5, 5.41) is 0. The van der Waals surface area contributed by atoms with E-state index in [1.165, 1.54) is 6.07 Å². The van der Waals surface area contributed by atoms with Crippen LogP contribution in [0.5, 0.6) is 0 Å². The highest BCUT2D eigenvalue weighted by Crippen LogP contribution is 2.04. The number of benzene rings is 1. The highest BCUT2D eigenvalue weighted by Gasteiger charge is 2.08. The highest BCUT2D eigenvalue weighted by molar-refractivity contribution is 14.1. The van der Waals surface area contributed by atoms with E-state index in [9.17, 15) is 4.39 Å². The van der Waals surface area contributed by atoms with Crippen LogP contribution in [-0.4, -0.2) is 6.71 Å². The number of hydrogen-bond acceptors (Lipinski definition) is 0. The molecule has 0 aromatic heterocycles. The fourth-order valence-corrected chi connectivity index (χ4v) is 1.47. The molecule has 0 atom stereocenters. The van der Waals surface area contributed by atoms with Gasteiger partial charge in [0.1, 0.15) is 5.82 Å². The largest absolute Gasteiger partial charge is 1.00 e. The summed E-state index contributed by atoms with van der Waals surface area (Å²) in [6, 6.07) is 5.19. The molecule has 0 fully saturated rings. The van der Waals surface area contributed by atoms with Crippen molar-refractivity contribution < 1.29 is 28.4 Å². The van der Waals surface area contributed by atoms with Crippen LogP contribution in [-0.2, 0) is 0 Å². The predicted octanol–water partition coefficient (Wildman–Crippen LogP) is -0.604. The lowest BCUT2D eigenvalue weighted by Crippen LogP contribution is -3.00. The Bertz CT molecular complexity index is 263. The lowest BCUT2D eigenvalue weighted by molar-refractivity contribution is -0.00000278. The third kappa shape index (κ3) is 3.20. The minimum atomic E-state index is -0.0968. The standard InChI is InChI=1S/C8H9BFI.HI/c1-9(2)7-5-6(11)3-4-8(7)10;/h3-5H,1-2H3;1H/p-1. The van der Waals surface area contributed by atoms with Crippen molar-refractivity contribution in [2.24, 2.45) is 0 Å². The third-order valence-corrected chi connectivity index (χ3v) is 2.25. The fraction of sp³-hybridized carbons (Fsp3) is 0.250. The van der Waals surface area contributed by atoms with Gasteiger partial charge >= 0.3 is 0 Å². The Morgan fingerprint density at radius 1 is 1.33 bits per heavy atom. The molecule has 1 aromatic carbocycles. The molecule has 0 bridgehead atoms.